The van der Waals surface area contributed by atoms with E-state index in [1.807, 2.05) is 18.2 Å². The Balaban J connectivity index is 1.91. The lowest BCUT2D eigenvalue weighted by atomic mass is 10.1. The van der Waals surface area contributed by atoms with Crippen LogP contribution in [0.15, 0.2) is 59.2 Å². The molecule has 0 unspecified atom stereocenters. The third-order valence-electron chi connectivity index (χ3n) is 3.06. The highest BCUT2D eigenvalue weighted by Gasteiger charge is 2.14. The Kier molecular flexibility index (Phi) is 3.66. The zero-order chi connectivity index (χ0) is 14.8. The van der Waals surface area contributed by atoms with Crippen LogP contribution < -0.4 is 5.32 Å². The first kappa shape index (κ1) is 13.7. The minimum absolute atomic E-state index is 0.00402. The topological polar surface area (TPSA) is 42.0 Å². The minimum Gasteiger partial charge on any atom is -0.322 e. The van der Waals surface area contributed by atoms with E-state index >= 15 is 0 Å². The molecule has 0 radical (unpaired) electrons. The summed E-state index contributed by atoms with van der Waals surface area (Å²) in [7, 11) is 0. The first-order valence-corrected chi connectivity index (χ1v) is 7.04. The SMILES string of the molecule is O=C(Nc1ccc2ncccc2c1)c1cccc(Br)c1F. The average molecular weight is 345 g/mol. The van der Waals surface area contributed by atoms with Gasteiger partial charge in [-0.2, -0.15) is 0 Å². The molecule has 0 aliphatic rings. The van der Waals surface area contributed by atoms with Gasteiger partial charge in [0.1, 0.15) is 5.82 Å². The van der Waals surface area contributed by atoms with Crippen LogP contribution in [0.5, 0.6) is 0 Å². The summed E-state index contributed by atoms with van der Waals surface area (Å²) < 4.78 is 14.2. The van der Waals surface area contributed by atoms with Crippen molar-refractivity contribution in [2.24, 2.45) is 0 Å². The molecule has 1 heterocycles. The quantitative estimate of drug-likeness (QED) is 0.749. The van der Waals surface area contributed by atoms with E-state index in [2.05, 4.69) is 26.2 Å². The number of pyridine rings is 1. The van der Waals surface area contributed by atoms with Crippen molar-refractivity contribution >= 4 is 38.4 Å². The second-order valence-electron chi connectivity index (χ2n) is 4.47. The molecule has 1 amide bonds. The molecule has 0 saturated carbocycles. The van der Waals surface area contributed by atoms with Gasteiger partial charge >= 0.3 is 0 Å². The van der Waals surface area contributed by atoms with Crippen LogP contribution in [0, 0.1) is 5.82 Å². The Labute approximate surface area is 128 Å². The van der Waals surface area contributed by atoms with E-state index in [-0.39, 0.29) is 10.0 Å². The van der Waals surface area contributed by atoms with Gasteiger partial charge in [-0.05, 0) is 52.3 Å². The van der Waals surface area contributed by atoms with Crippen LogP contribution >= 0.6 is 15.9 Å². The highest BCUT2D eigenvalue weighted by atomic mass is 79.9. The van der Waals surface area contributed by atoms with Crippen molar-refractivity contribution < 1.29 is 9.18 Å². The lowest BCUT2D eigenvalue weighted by Gasteiger charge is -2.07. The van der Waals surface area contributed by atoms with Gasteiger partial charge in [-0.1, -0.05) is 12.1 Å². The number of rotatable bonds is 2. The lowest BCUT2D eigenvalue weighted by Crippen LogP contribution is -2.13. The van der Waals surface area contributed by atoms with E-state index in [0.29, 0.717) is 5.69 Å². The molecule has 1 N–H and O–H groups in total. The maximum absolute atomic E-state index is 13.9. The molecule has 104 valence electrons. The Morgan fingerprint density at radius 2 is 2.00 bits per heavy atom. The van der Waals surface area contributed by atoms with E-state index in [0.717, 1.165) is 10.9 Å². The lowest BCUT2D eigenvalue weighted by molar-refractivity contribution is 0.102. The highest BCUT2D eigenvalue weighted by molar-refractivity contribution is 9.10. The molecule has 0 aliphatic carbocycles. The summed E-state index contributed by atoms with van der Waals surface area (Å²) in [6, 6.07) is 13.7. The maximum atomic E-state index is 13.9. The van der Waals surface area contributed by atoms with E-state index < -0.39 is 11.7 Å². The van der Waals surface area contributed by atoms with Gasteiger partial charge in [-0.15, -0.1) is 0 Å². The minimum atomic E-state index is -0.572. The number of aromatic nitrogens is 1. The van der Waals surface area contributed by atoms with Crippen molar-refractivity contribution in [2.45, 2.75) is 0 Å². The number of hydrogen-bond acceptors (Lipinski definition) is 2. The van der Waals surface area contributed by atoms with Crippen LogP contribution in [-0.2, 0) is 0 Å². The van der Waals surface area contributed by atoms with Crippen molar-refractivity contribution in [3.63, 3.8) is 0 Å². The Bertz CT molecular complexity index is 835. The number of halogens is 2. The molecular weight excluding hydrogens is 335 g/mol. The molecule has 0 saturated heterocycles. The summed E-state index contributed by atoms with van der Waals surface area (Å²) in [6.45, 7) is 0. The standard InChI is InChI=1S/C16H10BrFN2O/c17-13-5-1-4-12(15(13)18)16(21)20-11-6-7-14-10(9-11)3-2-8-19-14/h1-9H,(H,20,21). The van der Waals surface area contributed by atoms with Gasteiger partial charge in [-0.25, -0.2) is 4.39 Å². The van der Waals surface area contributed by atoms with E-state index in [1.165, 1.54) is 6.07 Å². The highest BCUT2D eigenvalue weighted by Crippen LogP contribution is 2.21. The average Bonchev–Trinajstić information content (AvgIpc) is 2.50. The Morgan fingerprint density at radius 3 is 2.86 bits per heavy atom. The monoisotopic (exact) mass is 344 g/mol. The molecule has 0 fully saturated rings. The summed E-state index contributed by atoms with van der Waals surface area (Å²) in [5.74, 6) is -1.06. The third-order valence-corrected chi connectivity index (χ3v) is 3.67. The molecule has 0 bridgehead atoms. The number of nitrogens with one attached hydrogen (secondary N) is 1. The van der Waals surface area contributed by atoms with Crippen LogP contribution in [0.2, 0.25) is 0 Å². The number of amides is 1. The maximum Gasteiger partial charge on any atom is 0.258 e. The number of anilines is 1. The molecule has 2 aromatic carbocycles. The van der Waals surface area contributed by atoms with E-state index in [1.54, 1.807) is 30.5 Å². The van der Waals surface area contributed by atoms with Crippen LogP contribution in [0.4, 0.5) is 10.1 Å². The normalized spacial score (nSPS) is 10.6. The van der Waals surface area contributed by atoms with E-state index in [9.17, 15) is 9.18 Å². The number of nitrogens with zero attached hydrogens (tertiary/aromatic N) is 1. The fourth-order valence-corrected chi connectivity index (χ4v) is 2.40. The molecule has 3 nitrogen and oxygen atoms in total. The number of benzene rings is 2. The van der Waals surface area contributed by atoms with Gasteiger partial charge in [-0.3, -0.25) is 9.78 Å². The van der Waals surface area contributed by atoms with Crippen LogP contribution in [-0.4, -0.2) is 10.9 Å². The third kappa shape index (κ3) is 2.78. The summed E-state index contributed by atoms with van der Waals surface area (Å²) in [6.07, 6.45) is 1.71. The van der Waals surface area contributed by atoms with Crippen molar-refractivity contribution in [2.75, 3.05) is 5.32 Å². The number of carbonyl (C=O) groups excluding carboxylic acids is 1. The second kappa shape index (κ2) is 5.61. The van der Waals surface area contributed by atoms with Gasteiger partial charge in [0.15, 0.2) is 0 Å². The van der Waals surface area contributed by atoms with Crippen LogP contribution in [0.25, 0.3) is 10.9 Å². The van der Waals surface area contributed by atoms with Crippen LogP contribution in [0.1, 0.15) is 10.4 Å². The number of fused-ring (bicyclic) bond motifs is 1. The van der Waals surface area contributed by atoms with Crippen molar-refractivity contribution in [1.82, 2.24) is 4.98 Å². The largest absolute Gasteiger partial charge is 0.322 e. The first-order chi connectivity index (χ1) is 10.1. The fourth-order valence-electron chi connectivity index (χ4n) is 2.03. The Morgan fingerprint density at radius 1 is 1.14 bits per heavy atom. The van der Waals surface area contributed by atoms with Crippen molar-refractivity contribution in [3.05, 3.63) is 70.6 Å². The molecule has 0 spiro atoms. The molecule has 1 aromatic heterocycles. The summed E-state index contributed by atoms with van der Waals surface area (Å²) in [5.41, 5.74) is 1.43. The zero-order valence-corrected chi connectivity index (χ0v) is 12.4. The van der Waals surface area contributed by atoms with Gasteiger partial charge in [0.05, 0.1) is 15.6 Å². The fraction of sp³-hybridized carbons (Fsp3) is 0. The van der Waals surface area contributed by atoms with Gasteiger partial charge < -0.3 is 5.32 Å². The summed E-state index contributed by atoms with van der Waals surface area (Å²) in [4.78, 5) is 16.3. The van der Waals surface area contributed by atoms with Crippen LogP contribution in [0.3, 0.4) is 0 Å². The van der Waals surface area contributed by atoms with Crippen molar-refractivity contribution in [1.29, 1.82) is 0 Å². The zero-order valence-electron chi connectivity index (χ0n) is 10.8. The molecule has 21 heavy (non-hydrogen) atoms. The van der Waals surface area contributed by atoms with E-state index in [4.69, 9.17) is 0 Å². The molecular formula is C16H10BrFN2O. The summed E-state index contributed by atoms with van der Waals surface area (Å²) in [5, 5.41) is 3.60. The van der Waals surface area contributed by atoms with Gasteiger partial charge in [0.2, 0.25) is 0 Å². The smallest absolute Gasteiger partial charge is 0.258 e. The molecule has 0 atom stereocenters. The Hall–Kier alpha value is -2.27. The predicted molar refractivity (Wildman–Crippen MR) is 83.8 cm³/mol. The molecule has 0 aliphatic heterocycles. The second-order valence-corrected chi connectivity index (χ2v) is 5.32. The summed E-state index contributed by atoms with van der Waals surface area (Å²) >= 11 is 3.07. The molecule has 3 aromatic rings. The molecule has 3 rings (SSSR count). The van der Waals surface area contributed by atoms with Crippen molar-refractivity contribution in [3.8, 4) is 0 Å². The first-order valence-electron chi connectivity index (χ1n) is 6.25. The molecule has 5 heteroatoms. The number of hydrogen-bond donors (Lipinski definition) is 1. The van der Waals surface area contributed by atoms with Gasteiger partial charge in [0, 0.05) is 17.3 Å². The van der Waals surface area contributed by atoms with Gasteiger partial charge in [0.25, 0.3) is 5.91 Å². The predicted octanol–water partition coefficient (Wildman–Crippen LogP) is 4.39. The number of carbonyl (C=O) groups is 1.